The maximum atomic E-state index is 14.1. The number of amides is 3. The van der Waals surface area contributed by atoms with Crippen molar-refractivity contribution in [2.45, 2.75) is 13.0 Å². The van der Waals surface area contributed by atoms with Gasteiger partial charge in [-0.2, -0.15) is 0 Å². The first-order valence-corrected chi connectivity index (χ1v) is 10.9. The molecule has 3 aromatic carbocycles. The summed E-state index contributed by atoms with van der Waals surface area (Å²) in [5.41, 5.74) is 1.82. The molecular formula is C26H26FN3O4. The van der Waals surface area contributed by atoms with Crippen molar-refractivity contribution in [3.63, 3.8) is 0 Å². The number of urea groups is 1. The van der Waals surface area contributed by atoms with Crippen LogP contribution >= 0.6 is 0 Å². The third-order valence-electron chi connectivity index (χ3n) is 5.66. The Hall–Kier alpha value is -4.07. The Morgan fingerprint density at radius 3 is 2.35 bits per heavy atom. The van der Waals surface area contributed by atoms with Gasteiger partial charge in [0.2, 0.25) is 0 Å². The minimum absolute atomic E-state index is 0.0594. The van der Waals surface area contributed by atoms with E-state index in [4.69, 9.17) is 9.47 Å². The van der Waals surface area contributed by atoms with E-state index in [0.29, 0.717) is 42.5 Å². The molecule has 1 N–H and O–H groups in total. The number of anilines is 2. The number of hydrogen-bond donors (Lipinski definition) is 1. The summed E-state index contributed by atoms with van der Waals surface area (Å²) in [7, 11) is 3.16. The summed E-state index contributed by atoms with van der Waals surface area (Å²) < 4.78 is 24.8. The number of carbonyl (C=O) groups is 2. The molecule has 3 amide bonds. The molecule has 1 heterocycles. The van der Waals surface area contributed by atoms with Crippen LogP contribution in [-0.2, 0) is 6.54 Å². The van der Waals surface area contributed by atoms with Crippen molar-refractivity contribution in [2.24, 2.45) is 0 Å². The zero-order valence-electron chi connectivity index (χ0n) is 19.1. The zero-order chi connectivity index (χ0) is 24.1. The van der Waals surface area contributed by atoms with Gasteiger partial charge in [0.1, 0.15) is 17.3 Å². The molecule has 3 aromatic rings. The van der Waals surface area contributed by atoms with Crippen LogP contribution in [-0.4, -0.2) is 44.1 Å². The Labute approximate surface area is 197 Å². The highest BCUT2D eigenvalue weighted by atomic mass is 19.1. The van der Waals surface area contributed by atoms with E-state index in [1.165, 1.54) is 18.2 Å². The fourth-order valence-corrected chi connectivity index (χ4v) is 3.98. The van der Waals surface area contributed by atoms with Crippen LogP contribution in [0.5, 0.6) is 11.5 Å². The molecule has 0 atom stereocenters. The first kappa shape index (κ1) is 23.1. The molecule has 0 saturated carbocycles. The molecule has 8 heteroatoms. The predicted octanol–water partition coefficient (Wildman–Crippen LogP) is 4.93. The van der Waals surface area contributed by atoms with E-state index < -0.39 is 11.7 Å². The van der Waals surface area contributed by atoms with Crippen LogP contribution in [0.15, 0.2) is 66.7 Å². The highest BCUT2D eigenvalue weighted by molar-refractivity contribution is 6.07. The smallest absolute Gasteiger partial charge is 0.324 e. The molecule has 4 rings (SSSR count). The Morgan fingerprint density at radius 1 is 0.971 bits per heavy atom. The van der Waals surface area contributed by atoms with Crippen molar-refractivity contribution in [3.8, 4) is 11.5 Å². The minimum Gasteiger partial charge on any atom is -0.497 e. The Balaban J connectivity index is 1.56. The lowest BCUT2D eigenvalue weighted by molar-refractivity contribution is 0.102. The van der Waals surface area contributed by atoms with Crippen molar-refractivity contribution in [3.05, 3.63) is 83.7 Å². The minimum atomic E-state index is -0.605. The lowest BCUT2D eigenvalue weighted by Gasteiger charge is -2.36. The molecule has 176 valence electrons. The summed E-state index contributed by atoms with van der Waals surface area (Å²) in [5, 5.41) is 2.76. The third-order valence-corrected chi connectivity index (χ3v) is 5.66. The van der Waals surface area contributed by atoms with E-state index in [0.717, 1.165) is 12.0 Å². The molecular weight excluding hydrogens is 437 g/mol. The number of benzene rings is 3. The van der Waals surface area contributed by atoms with Gasteiger partial charge in [0.15, 0.2) is 0 Å². The molecule has 0 aliphatic carbocycles. The van der Waals surface area contributed by atoms with Crippen molar-refractivity contribution in [2.75, 3.05) is 37.5 Å². The van der Waals surface area contributed by atoms with E-state index in [1.54, 1.807) is 60.4 Å². The summed E-state index contributed by atoms with van der Waals surface area (Å²) in [6.45, 7) is 1.48. The van der Waals surface area contributed by atoms with Gasteiger partial charge in [-0.05, 0) is 48.4 Å². The van der Waals surface area contributed by atoms with E-state index in [9.17, 15) is 14.0 Å². The highest BCUT2D eigenvalue weighted by Gasteiger charge is 2.29. The van der Waals surface area contributed by atoms with Crippen molar-refractivity contribution in [1.82, 2.24) is 4.90 Å². The number of halogens is 1. The van der Waals surface area contributed by atoms with E-state index in [1.807, 2.05) is 12.1 Å². The fourth-order valence-electron chi connectivity index (χ4n) is 3.98. The third kappa shape index (κ3) is 4.96. The monoisotopic (exact) mass is 463 g/mol. The number of carbonyl (C=O) groups excluding carboxylic acids is 2. The van der Waals surface area contributed by atoms with Crippen molar-refractivity contribution < 1.29 is 23.5 Å². The summed E-state index contributed by atoms with van der Waals surface area (Å²) in [6, 6.07) is 18.2. The summed E-state index contributed by atoms with van der Waals surface area (Å²) in [5.74, 6) is 0.121. The number of nitrogens with zero attached hydrogens (tertiary/aromatic N) is 2. The summed E-state index contributed by atoms with van der Waals surface area (Å²) in [6.07, 6.45) is 0.752. The molecule has 0 spiro atoms. The van der Waals surface area contributed by atoms with E-state index >= 15 is 0 Å². The van der Waals surface area contributed by atoms with E-state index in [2.05, 4.69) is 5.32 Å². The molecule has 1 aliphatic heterocycles. The van der Waals surface area contributed by atoms with Crippen LogP contribution in [0.2, 0.25) is 0 Å². The van der Waals surface area contributed by atoms with Gasteiger partial charge in [0, 0.05) is 25.7 Å². The number of para-hydroxylation sites is 2. The Kier molecular flexibility index (Phi) is 6.96. The fraction of sp³-hybridized carbons (Fsp3) is 0.231. The highest BCUT2D eigenvalue weighted by Crippen LogP contribution is 2.30. The van der Waals surface area contributed by atoms with Crippen LogP contribution in [0.25, 0.3) is 0 Å². The quantitative estimate of drug-likeness (QED) is 0.540. The van der Waals surface area contributed by atoms with Gasteiger partial charge in [-0.1, -0.05) is 24.3 Å². The largest absolute Gasteiger partial charge is 0.497 e. The van der Waals surface area contributed by atoms with Crippen LogP contribution in [0.4, 0.5) is 20.6 Å². The number of hydrogen-bond acceptors (Lipinski definition) is 4. The van der Waals surface area contributed by atoms with Gasteiger partial charge in [0.25, 0.3) is 5.91 Å². The number of nitrogens with one attached hydrogen (secondary N) is 1. The van der Waals surface area contributed by atoms with Crippen LogP contribution in [0, 0.1) is 5.82 Å². The topological polar surface area (TPSA) is 71.1 Å². The maximum absolute atomic E-state index is 14.1. The molecule has 0 unspecified atom stereocenters. The maximum Gasteiger partial charge on any atom is 0.324 e. The van der Waals surface area contributed by atoms with Gasteiger partial charge in [-0.3, -0.25) is 9.69 Å². The molecule has 1 saturated heterocycles. The van der Waals surface area contributed by atoms with Gasteiger partial charge in [0.05, 0.1) is 31.2 Å². The molecule has 0 bridgehead atoms. The lowest BCUT2D eigenvalue weighted by atomic mass is 10.1. The lowest BCUT2D eigenvalue weighted by Crippen LogP contribution is -2.49. The average Bonchev–Trinajstić information content (AvgIpc) is 2.85. The average molecular weight is 464 g/mol. The molecule has 34 heavy (non-hydrogen) atoms. The van der Waals surface area contributed by atoms with Gasteiger partial charge in [-0.15, -0.1) is 0 Å². The SMILES string of the molecule is COc1cc(CN2CCCN(c3ccccc3NC(=O)c3ccccc3F)C2=O)cc(OC)c1. The van der Waals surface area contributed by atoms with Gasteiger partial charge >= 0.3 is 6.03 Å². The van der Waals surface area contributed by atoms with Gasteiger partial charge < -0.3 is 19.7 Å². The standard InChI is InChI=1S/C26H26FN3O4/c1-33-19-14-18(15-20(16-19)34-2)17-29-12-7-13-30(26(29)32)24-11-6-5-10-23(24)28-25(31)21-8-3-4-9-22(21)27/h3-6,8-11,14-16H,7,12-13,17H2,1-2H3,(H,28,31). The predicted molar refractivity (Wildman–Crippen MR) is 128 cm³/mol. The molecule has 1 aliphatic rings. The number of methoxy groups -OCH3 is 2. The summed E-state index contributed by atoms with van der Waals surface area (Å²) in [4.78, 5) is 29.5. The molecule has 1 fully saturated rings. The van der Waals surface area contributed by atoms with Crippen LogP contribution in [0.3, 0.4) is 0 Å². The van der Waals surface area contributed by atoms with E-state index in [-0.39, 0.29) is 11.6 Å². The molecule has 0 aromatic heterocycles. The first-order valence-electron chi connectivity index (χ1n) is 10.9. The van der Waals surface area contributed by atoms with Crippen LogP contribution < -0.4 is 19.7 Å². The molecule has 0 radical (unpaired) electrons. The molecule has 7 nitrogen and oxygen atoms in total. The van der Waals surface area contributed by atoms with Crippen LogP contribution in [0.1, 0.15) is 22.3 Å². The number of rotatable bonds is 7. The van der Waals surface area contributed by atoms with Gasteiger partial charge in [-0.25, -0.2) is 9.18 Å². The normalized spacial score (nSPS) is 13.6. The van der Waals surface area contributed by atoms with Crippen molar-refractivity contribution in [1.29, 1.82) is 0 Å². The Bertz CT molecular complexity index is 1180. The second kappa shape index (κ2) is 10.2. The first-order chi connectivity index (χ1) is 16.5. The Morgan fingerprint density at radius 2 is 1.65 bits per heavy atom. The second-order valence-corrected chi connectivity index (χ2v) is 7.88. The number of ether oxygens (including phenoxy) is 2. The van der Waals surface area contributed by atoms with Crippen molar-refractivity contribution >= 4 is 23.3 Å². The summed E-state index contributed by atoms with van der Waals surface area (Å²) >= 11 is 0. The second-order valence-electron chi connectivity index (χ2n) is 7.88. The zero-order valence-corrected chi connectivity index (χ0v) is 19.1.